The van der Waals surface area contributed by atoms with Gasteiger partial charge in [-0.2, -0.15) is 0 Å². The van der Waals surface area contributed by atoms with E-state index >= 15 is 0 Å². The Morgan fingerprint density at radius 1 is 1.07 bits per heavy atom. The summed E-state index contributed by atoms with van der Waals surface area (Å²) >= 11 is 0. The maximum atomic E-state index is 13.9. The first kappa shape index (κ1) is 20.7. The average Bonchev–Trinajstić information content (AvgIpc) is 2.60. The van der Waals surface area contributed by atoms with Crippen molar-refractivity contribution < 1.29 is 30.0 Å². The van der Waals surface area contributed by atoms with Crippen LogP contribution < -0.4 is 0 Å². The molecule has 2 bridgehead atoms. The van der Waals surface area contributed by atoms with Crippen molar-refractivity contribution in [3.8, 4) is 0 Å². The topological polar surface area (TPSA) is 107 Å². The Hall–Kier alpha value is -0.530. The van der Waals surface area contributed by atoms with Gasteiger partial charge in [0.25, 0.3) is 0 Å². The lowest BCUT2D eigenvalue weighted by Gasteiger charge is -2.69. The summed E-state index contributed by atoms with van der Waals surface area (Å²) in [6.07, 6.45) is -1.77. The Morgan fingerprint density at radius 3 is 2.21 bits per heavy atom. The fraction of sp³-hybridized carbons (Fsp3) is 0.955. The van der Waals surface area contributed by atoms with Crippen LogP contribution in [0.5, 0.6) is 0 Å². The van der Waals surface area contributed by atoms with Crippen molar-refractivity contribution in [1.82, 2.24) is 0 Å². The minimum Gasteiger partial charge on any atom is -0.393 e. The second kappa shape index (κ2) is 5.79. The number of Topliss-reactive ketones (excluding diaryl/α,β-unsaturated/α-hetero) is 1. The summed E-state index contributed by atoms with van der Waals surface area (Å²) in [4.78, 5) is 13.9. The summed E-state index contributed by atoms with van der Waals surface area (Å²) in [6, 6.07) is 0. The molecule has 1 saturated heterocycles. The number of fused-ring (bicyclic) bond motifs is 5. The number of hydrogen-bond donors (Lipinski definition) is 4. The van der Waals surface area contributed by atoms with Crippen molar-refractivity contribution in [2.45, 2.75) is 83.9 Å². The molecule has 0 aromatic rings. The van der Waals surface area contributed by atoms with Crippen LogP contribution in [0, 0.1) is 40.4 Å². The molecule has 3 aliphatic carbocycles. The summed E-state index contributed by atoms with van der Waals surface area (Å²) in [5, 5.41) is 45.5. The number of carbonyl (C=O) groups excluding carboxylic acids is 1. The summed E-state index contributed by atoms with van der Waals surface area (Å²) in [7, 11) is 0. The van der Waals surface area contributed by atoms with E-state index in [2.05, 4.69) is 0 Å². The predicted octanol–water partition coefficient (Wildman–Crippen LogP) is 1.13. The number of aliphatic hydroxyl groups excluding tert-OH is 2. The zero-order valence-electron chi connectivity index (χ0n) is 17.8. The van der Waals surface area contributed by atoms with Crippen LogP contribution in [0.4, 0.5) is 0 Å². The molecule has 0 aromatic heterocycles. The van der Waals surface area contributed by atoms with Gasteiger partial charge in [-0.1, -0.05) is 34.6 Å². The maximum Gasteiger partial charge on any atom is 0.144 e. The SMILES string of the molecule is CC1C2[C@@H](C)C(=O)[C@@]3(C)[C@H]([C@H](C)[C@](O)(C[C@@H]1O)C2(C)C)[C@]1(O)CO[C@@H]1C[C@@H]3O. The van der Waals surface area contributed by atoms with Crippen LogP contribution in [0.15, 0.2) is 0 Å². The third-order valence-electron chi connectivity index (χ3n) is 9.77. The molecule has 6 nitrogen and oxygen atoms in total. The highest BCUT2D eigenvalue weighted by molar-refractivity contribution is 5.88. The number of aliphatic hydroxyl groups is 4. The van der Waals surface area contributed by atoms with Crippen molar-refractivity contribution in [2.75, 3.05) is 6.61 Å². The van der Waals surface area contributed by atoms with E-state index in [1.54, 1.807) is 6.92 Å². The van der Waals surface area contributed by atoms with Crippen LogP contribution in [-0.4, -0.2) is 62.3 Å². The standard InChI is InChI=1S/C22H36O6/c1-10-13(23)8-22(27)12(3)17-20(6,14(24)7-15-21(17,26)9-28-15)18(25)11(2)16(10)19(22,4)5/h10-17,23-24,26-27H,7-9H2,1-6H3/t10?,11-,12+,13+,14+,15-,16?,17+,20-,21+,22-/m1/s1. The fourth-order valence-corrected chi connectivity index (χ4v) is 8.11. The van der Waals surface area contributed by atoms with Gasteiger partial charge in [0.15, 0.2) is 0 Å². The molecule has 11 atom stereocenters. The van der Waals surface area contributed by atoms with Gasteiger partial charge in [-0.15, -0.1) is 0 Å². The molecule has 6 heteroatoms. The first-order valence-electron chi connectivity index (χ1n) is 10.7. The number of hydrogen-bond acceptors (Lipinski definition) is 6. The first-order valence-corrected chi connectivity index (χ1v) is 10.7. The molecule has 0 aromatic carbocycles. The lowest BCUT2D eigenvalue weighted by molar-refractivity contribution is -0.343. The summed E-state index contributed by atoms with van der Waals surface area (Å²) in [5.41, 5.74) is -4.34. The van der Waals surface area contributed by atoms with E-state index in [4.69, 9.17) is 4.74 Å². The Bertz CT molecular complexity index is 693. The van der Waals surface area contributed by atoms with E-state index in [9.17, 15) is 25.2 Å². The van der Waals surface area contributed by atoms with Crippen LogP contribution in [0.2, 0.25) is 0 Å². The Kier molecular flexibility index (Phi) is 4.29. The second-order valence-electron chi connectivity index (χ2n) is 11.0. The van der Waals surface area contributed by atoms with Crippen molar-refractivity contribution in [3.63, 3.8) is 0 Å². The van der Waals surface area contributed by atoms with E-state index in [0.29, 0.717) is 0 Å². The normalized spacial score (nSPS) is 60.7. The Morgan fingerprint density at radius 2 is 1.68 bits per heavy atom. The molecule has 160 valence electrons. The molecule has 0 radical (unpaired) electrons. The van der Waals surface area contributed by atoms with Crippen molar-refractivity contribution in [2.24, 2.45) is 40.4 Å². The van der Waals surface area contributed by atoms with Gasteiger partial charge < -0.3 is 25.2 Å². The van der Waals surface area contributed by atoms with Gasteiger partial charge in [-0.05, 0) is 30.1 Å². The van der Waals surface area contributed by atoms with Crippen LogP contribution in [0.3, 0.4) is 0 Å². The summed E-state index contributed by atoms with van der Waals surface area (Å²) in [5.74, 6) is -2.06. The zero-order valence-corrected chi connectivity index (χ0v) is 17.8. The van der Waals surface area contributed by atoms with Gasteiger partial charge in [0.2, 0.25) is 0 Å². The molecule has 0 spiro atoms. The average molecular weight is 397 g/mol. The van der Waals surface area contributed by atoms with Crippen LogP contribution in [-0.2, 0) is 9.53 Å². The van der Waals surface area contributed by atoms with Gasteiger partial charge >= 0.3 is 0 Å². The highest BCUT2D eigenvalue weighted by Crippen LogP contribution is 2.66. The quantitative estimate of drug-likeness (QED) is 0.489. The number of carbonyl (C=O) groups is 1. The first-order chi connectivity index (χ1) is 12.7. The van der Waals surface area contributed by atoms with E-state index in [1.807, 2.05) is 34.6 Å². The number of rotatable bonds is 0. The monoisotopic (exact) mass is 396 g/mol. The maximum absolute atomic E-state index is 13.9. The molecule has 4 N–H and O–H groups in total. The Balaban J connectivity index is 1.96. The highest BCUT2D eigenvalue weighted by Gasteiger charge is 2.74. The molecule has 2 unspecified atom stereocenters. The fourth-order valence-electron chi connectivity index (χ4n) is 8.11. The molecular weight excluding hydrogens is 360 g/mol. The highest BCUT2D eigenvalue weighted by atomic mass is 16.6. The Labute approximate surface area is 167 Å². The zero-order chi connectivity index (χ0) is 21.0. The number of ketones is 1. The summed E-state index contributed by atoms with van der Waals surface area (Å²) in [6.45, 7) is 11.5. The van der Waals surface area contributed by atoms with E-state index in [1.165, 1.54) is 0 Å². The van der Waals surface area contributed by atoms with Gasteiger partial charge in [0, 0.05) is 24.7 Å². The molecule has 4 fully saturated rings. The molecule has 28 heavy (non-hydrogen) atoms. The van der Waals surface area contributed by atoms with E-state index in [-0.39, 0.29) is 37.1 Å². The molecule has 3 saturated carbocycles. The molecule has 0 amide bonds. The summed E-state index contributed by atoms with van der Waals surface area (Å²) < 4.78 is 5.56. The van der Waals surface area contributed by atoms with Crippen molar-refractivity contribution in [1.29, 1.82) is 0 Å². The second-order valence-corrected chi connectivity index (χ2v) is 11.0. The lowest BCUT2D eigenvalue weighted by Crippen LogP contribution is -2.79. The van der Waals surface area contributed by atoms with Gasteiger partial charge in [-0.25, -0.2) is 0 Å². The lowest BCUT2D eigenvalue weighted by atomic mass is 9.39. The van der Waals surface area contributed by atoms with Gasteiger partial charge in [0.05, 0.1) is 35.9 Å². The molecule has 1 heterocycles. The van der Waals surface area contributed by atoms with E-state index in [0.717, 1.165) is 0 Å². The van der Waals surface area contributed by atoms with Gasteiger partial charge in [0.1, 0.15) is 11.4 Å². The minimum absolute atomic E-state index is 0.0725. The molecule has 1 aliphatic heterocycles. The third-order valence-corrected chi connectivity index (χ3v) is 9.77. The molecule has 4 rings (SSSR count). The van der Waals surface area contributed by atoms with Crippen LogP contribution >= 0.6 is 0 Å². The number of ether oxygens (including phenoxy) is 1. The van der Waals surface area contributed by atoms with Crippen LogP contribution in [0.25, 0.3) is 0 Å². The van der Waals surface area contributed by atoms with Crippen molar-refractivity contribution in [3.05, 3.63) is 0 Å². The van der Waals surface area contributed by atoms with Crippen LogP contribution in [0.1, 0.15) is 54.4 Å². The largest absolute Gasteiger partial charge is 0.393 e. The van der Waals surface area contributed by atoms with E-state index < -0.39 is 58.1 Å². The van der Waals surface area contributed by atoms with Crippen molar-refractivity contribution >= 4 is 5.78 Å². The third kappa shape index (κ3) is 2.09. The van der Waals surface area contributed by atoms with Gasteiger partial charge in [-0.3, -0.25) is 4.79 Å². The molecular formula is C22H36O6. The minimum atomic E-state index is -1.28. The molecule has 4 aliphatic rings. The predicted molar refractivity (Wildman–Crippen MR) is 102 cm³/mol. The smallest absolute Gasteiger partial charge is 0.144 e.